The normalized spacial score (nSPS) is 31.2. The van der Waals surface area contributed by atoms with Crippen LogP contribution in [-0.4, -0.2) is 42.2 Å². The van der Waals surface area contributed by atoms with E-state index in [0.29, 0.717) is 6.04 Å². The number of hydrogen-bond acceptors (Lipinski definition) is 4. The number of ether oxygens (including phenoxy) is 2. The minimum absolute atomic E-state index is 0.0497. The maximum atomic E-state index is 5.98. The summed E-state index contributed by atoms with van der Waals surface area (Å²) < 4.78 is 13.7. The molecule has 1 aromatic heterocycles. The number of aromatic nitrogens is 2. The van der Waals surface area contributed by atoms with Gasteiger partial charge in [0.1, 0.15) is 0 Å². The summed E-state index contributed by atoms with van der Waals surface area (Å²) in [5, 5.41) is 7.88. The van der Waals surface area contributed by atoms with Crippen molar-refractivity contribution in [2.75, 3.05) is 26.9 Å². The molecule has 0 saturated carbocycles. The van der Waals surface area contributed by atoms with E-state index in [1.165, 1.54) is 5.56 Å². The van der Waals surface area contributed by atoms with Gasteiger partial charge in [-0.3, -0.25) is 4.68 Å². The summed E-state index contributed by atoms with van der Waals surface area (Å²) in [5.74, 6) is 0. The highest BCUT2D eigenvalue weighted by Gasteiger charge is 2.41. The van der Waals surface area contributed by atoms with Gasteiger partial charge >= 0.3 is 0 Å². The van der Waals surface area contributed by atoms with Crippen LogP contribution >= 0.6 is 0 Å². The van der Waals surface area contributed by atoms with E-state index in [1.54, 1.807) is 0 Å². The lowest BCUT2D eigenvalue weighted by Crippen LogP contribution is -2.41. The van der Waals surface area contributed by atoms with Gasteiger partial charge in [0.05, 0.1) is 23.9 Å². The Bertz CT molecular complexity index is 438. The smallest absolute Gasteiger partial charge is 0.0957 e. The minimum Gasteiger partial charge on any atom is -0.378 e. The molecule has 2 unspecified atom stereocenters. The fourth-order valence-electron chi connectivity index (χ4n) is 3.16. The summed E-state index contributed by atoms with van der Waals surface area (Å²) in [5.41, 5.74) is 2.36. The van der Waals surface area contributed by atoms with Gasteiger partial charge in [-0.2, -0.15) is 5.10 Å². The van der Waals surface area contributed by atoms with Crippen LogP contribution in [0.4, 0.5) is 0 Å². The first-order chi connectivity index (χ1) is 9.22. The van der Waals surface area contributed by atoms with E-state index >= 15 is 0 Å². The second-order valence-electron chi connectivity index (χ2n) is 5.73. The Balaban J connectivity index is 1.76. The highest BCUT2D eigenvalue weighted by molar-refractivity contribution is 5.15. The van der Waals surface area contributed by atoms with Crippen molar-refractivity contribution < 1.29 is 9.47 Å². The van der Waals surface area contributed by atoms with Crippen LogP contribution in [0.5, 0.6) is 0 Å². The van der Waals surface area contributed by atoms with Gasteiger partial charge in [0.15, 0.2) is 0 Å². The second kappa shape index (κ2) is 5.23. The van der Waals surface area contributed by atoms with Gasteiger partial charge in [-0.25, -0.2) is 0 Å². The van der Waals surface area contributed by atoms with E-state index in [0.717, 1.165) is 51.3 Å². The van der Waals surface area contributed by atoms with Gasteiger partial charge in [-0.1, -0.05) is 0 Å². The third-order valence-electron chi connectivity index (χ3n) is 4.29. The van der Waals surface area contributed by atoms with Crippen LogP contribution in [0, 0.1) is 6.92 Å². The van der Waals surface area contributed by atoms with Gasteiger partial charge < -0.3 is 14.8 Å². The predicted molar refractivity (Wildman–Crippen MR) is 72.1 cm³/mol. The minimum atomic E-state index is -0.0497. The third kappa shape index (κ3) is 2.55. The van der Waals surface area contributed by atoms with E-state index in [-0.39, 0.29) is 5.60 Å². The SMILES string of the molecule is CNCc1cn(C2CCOC3(CCOC3)C2)nc1C. The lowest BCUT2D eigenvalue weighted by molar-refractivity contribution is -0.0962. The summed E-state index contributed by atoms with van der Waals surface area (Å²) in [6.45, 7) is 5.34. The molecule has 1 aromatic rings. The first-order valence-electron chi connectivity index (χ1n) is 7.13. The molecule has 0 aliphatic carbocycles. The highest BCUT2D eigenvalue weighted by atomic mass is 16.6. The molecule has 5 heteroatoms. The number of hydrogen-bond donors (Lipinski definition) is 1. The van der Waals surface area contributed by atoms with Crippen LogP contribution in [0.2, 0.25) is 0 Å². The molecule has 3 rings (SSSR count). The summed E-state index contributed by atoms with van der Waals surface area (Å²) in [4.78, 5) is 0. The molecule has 5 nitrogen and oxygen atoms in total. The van der Waals surface area contributed by atoms with E-state index < -0.39 is 0 Å². The van der Waals surface area contributed by atoms with Crippen LogP contribution in [0.3, 0.4) is 0 Å². The van der Waals surface area contributed by atoms with Crippen LogP contribution in [0.15, 0.2) is 6.20 Å². The average molecular weight is 265 g/mol. The Morgan fingerprint density at radius 2 is 2.42 bits per heavy atom. The molecular formula is C14H23N3O2. The first-order valence-corrected chi connectivity index (χ1v) is 7.13. The maximum absolute atomic E-state index is 5.98. The molecule has 0 radical (unpaired) electrons. The largest absolute Gasteiger partial charge is 0.378 e. The van der Waals surface area contributed by atoms with E-state index in [9.17, 15) is 0 Å². The Morgan fingerprint density at radius 1 is 1.53 bits per heavy atom. The Labute approximate surface area is 114 Å². The second-order valence-corrected chi connectivity index (χ2v) is 5.73. The van der Waals surface area contributed by atoms with E-state index in [4.69, 9.17) is 9.47 Å². The molecule has 2 atom stereocenters. The standard InChI is InChI=1S/C14H23N3O2/c1-11-12(8-15-2)9-17(16-11)13-3-5-19-14(7-13)4-6-18-10-14/h9,13,15H,3-8,10H2,1-2H3. The van der Waals surface area contributed by atoms with Crippen LogP contribution in [0.1, 0.15) is 36.6 Å². The zero-order valence-electron chi connectivity index (χ0n) is 11.8. The quantitative estimate of drug-likeness (QED) is 0.898. The topological polar surface area (TPSA) is 48.3 Å². The number of rotatable bonds is 3. The molecule has 3 heterocycles. The number of aryl methyl sites for hydroxylation is 1. The molecule has 19 heavy (non-hydrogen) atoms. The molecular weight excluding hydrogens is 242 g/mol. The van der Waals surface area contributed by atoms with Gasteiger partial charge in [-0.05, 0) is 20.4 Å². The van der Waals surface area contributed by atoms with Crippen molar-refractivity contribution in [3.05, 3.63) is 17.5 Å². The van der Waals surface area contributed by atoms with Gasteiger partial charge in [0.2, 0.25) is 0 Å². The van der Waals surface area contributed by atoms with Crippen LogP contribution in [-0.2, 0) is 16.0 Å². The summed E-state index contributed by atoms with van der Waals surface area (Å²) in [6.07, 6.45) is 5.27. The van der Waals surface area contributed by atoms with Crippen molar-refractivity contribution in [1.82, 2.24) is 15.1 Å². The zero-order chi connectivity index (χ0) is 13.3. The zero-order valence-corrected chi connectivity index (χ0v) is 11.8. The molecule has 106 valence electrons. The fraction of sp³-hybridized carbons (Fsp3) is 0.786. The van der Waals surface area contributed by atoms with Crippen molar-refractivity contribution in [3.63, 3.8) is 0 Å². The molecule has 1 spiro atoms. The van der Waals surface area contributed by atoms with E-state index in [1.807, 2.05) is 7.05 Å². The summed E-state index contributed by atoms with van der Waals surface area (Å²) in [6, 6.07) is 0.444. The molecule has 0 bridgehead atoms. The maximum Gasteiger partial charge on any atom is 0.0957 e. The number of nitrogens with one attached hydrogen (secondary N) is 1. The molecule has 2 aliphatic heterocycles. The molecule has 0 amide bonds. The van der Waals surface area contributed by atoms with E-state index in [2.05, 4.69) is 28.2 Å². The van der Waals surface area contributed by atoms with Crippen molar-refractivity contribution >= 4 is 0 Å². The Kier molecular flexibility index (Phi) is 3.60. The number of nitrogens with zero attached hydrogens (tertiary/aromatic N) is 2. The van der Waals surface area contributed by atoms with Crippen molar-refractivity contribution in [2.45, 2.75) is 44.4 Å². The Hall–Kier alpha value is -0.910. The molecule has 2 saturated heterocycles. The van der Waals surface area contributed by atoms with Crippen LogP contribution < -0.4 is 5.32 Å². The lowest BCUT2D eigenvalue weighted by atomic mass is 9.90. The molecule has 2 aliphatic rings. The van der Waals surface area contributed by atoms with Gasteiger partial charge in [0, 0.05) is 44.4 Å². The van der Waals surface area contributed by atoms with Crippen molar-refractivity contribution in [3.8, 4) is 0 Å². The first kappa shape index (κ1) is 13.1. The summed E-state index contributed by atoms with van der Waals surface area (Å²) in [7, 11) is 1.97. The molecule has 2 fully saturated rings. The monoisotopic (exact) mass is 265 g/mol. The van der Waals surface area contributed by atoms with Gasteiger partial charge in [-0.15, -0.1) is 0 Å². The fourth-order valence-corrected chi connectivity index (χ4v) is 3.16. The highest BCUT2D eigenvalue weighted by Crippen LogP contribution is 2.37. The van der Waals surface area contributed by atoms with Crippen LogP contribution in [0.25, 0.3) is 0 Å². The van der Waals surface area contributed by atoms with Crippen molar-refractivity contribution in [2.24, 2.45) is 0 Å². The van der Waals surface area contributed by atoms with Gasteiger partial charge in [0.25, 0.3) is 0 Å². The van der Waals surface area contributed by atoms with Crippen molar-refractivity contribution in [1.29, 1.82) is 0 Å². The molecule has 1 N–H and O–H groups in total. The summed E-state index contributed by atoms with van der Waals surface area (Å²) >= 11 is 0. The average Bonchev–Trinajstić information content (AvgIpc) is 2.99. The molecule has 0 aromatic carbocycles. The predicted octanol–water partition coefficient (Wildman–Crippen LogP) is 1.42. The third-order valence-corrected chi connectivity index (χ3v) is 4.29. The Morgan fingerprint density at radius 3 is 3.16 bits per heavy atom. The lowest BCUT2D eigenvalue weighted by Gasteiger charge is -2.37.